The summed E-state index contributed by atoms with van der Waals surface area (Å²) in [5.74, 6) is -7.69. The molecule has 1 aromatic rings. The Bertz CT molecular complexity index is 1310. The first kappa shape index (κ1) is 25.0. The second-order valence-corrected chi connectivity index (χ2v) is 9.39. The lowest BCUT2D eigenvalue weighted by Crippen LogP contribution is -2.60. The van der Waals surface area contributed by atoms with Crippen LogP contribution in [-0.2, 0) is 35.1 Å². The number of aliphatic hydroxyl groups is 2. The molecule has 1 aromatic carbocycles. The molecule has 11 heteroatoms. The maximum Gasteiger partial charge on any atom is 0.308 e. The van der Waals surface area contributed by atoms with E-state index >= 15 is 0 Å². The molecule has 36 heavy (non-hydrogen) atoms. The maximum atomic E-state index is 14.0. The van der Waals surface area contributed by atoms with E-state index in [9.17, 15) is 34.2 Å². The molecular formula is C25H26N2O9. The van der Waals surface area contributed by atoms with Crippen LogP contribution in [0.1, 0.15) is 37.8 Å². The molecule has 0 spiro atoms. The minimum atomic E-state index is -2.40. The van der Waals surface area contributed by atoms with E-state index in [1.165, 1.54) is 13.0 Å². The van der Waals surface area contributed by atoms with Gasteiger partial charge in [-0.25, -0.2) is 0 Å². The number of ketones is 2. The summed E-state index contributed by atoms with van der Waals surface area (Å²) in [6.07, 6.45) is -0.0613. The van der Waals surface area contributed by atoms with Gasteiger partial charge in [-0.05, 0) is 36.5 Å². The Hall–Kier alpha value is -4.15. The van der Waals surface area contributed by atoms with Crippen LogP contribution in [0.5, 0.6) is 5.75 Å². The van der Waals surface area contributed by atoms with Crippen molar-refractivity contribution in [2.24, 2.45) is 17.6 Å². The van der Waals surface area contributed by atoms with Crippen LogP contribution in [0.4, 0.5) is 5.69 Å². The summed E-state index contributed by atoms with van der Waals surface area (Å²) in [5.41, 5.74) is 3.38. The van der Waals surface area contributed by atoms with Crippen molar-refractivity contribution in [3.05, 3.63) is 40.2 Å². The fourth-order valence-corrected chi connectivity index (χ4v) is 5.64. The molecule has 0 aliphatic heterocycles. The number of ether oxygens (including phenoxy) is 2. The van der Waals surface area contributed by atoms with Gasteiger partial charge in [0.1, 0.15) is 17.1 Å². The number of carbonyl (C=O) groups is 5. The zero-order valence-electron chi connectivity index (χ0n) is 20.2. The first-order valence-corrected chi connectivity index (χ1v) is 11.3. The molecule has 4 N–H and O–H groups in total. The number of amides is 1. The topological polar surface area (TPSA) is 174 Å². The normalized spacial score (nSPS) is 25.0. The van der Waals surface area contributed by atoms with E-state index in [-0.39, 0.29) is 36.1 Å². The number of hydrogen-bond acceptors (Lipinski definition) is 10. The van der Waals surface area contributed by atoms with Crippen LogP contribution in [0.3, 0.4) is 0 Å². The lowest BCUT2D eigenvalue weighted by atomic mass is 9.59. The minimum absolute atomic E-state index is 0.0272. The van der Waals surface area contributed by atoms with Crippen molar-refractivity contribution in [3.8, 4) is 5.75 Å². The smallest absolute Gasteiger partial charge is 0.308 e. The number of carbonyl (C=O) groups excluding carboxylic acids is 5. The van der Waals surface area contributed by atoms with Gasteiger partial charge in [0.05, 0.1) is 5.56 Å². The number of nitrogens with two attached hydrogens (primary N) is 1. The van der Waals surface area contributed by atoms with E-state index in [1.54, 1.807) is 25.1 Å². The van der Waals surface area contributed by atoms with Crippen LogP contribution in [0.15, 0.2) is 29.0 Å². The van der Waals surface area contributed by atoms with E-state index in [0.717, 1.165) is 6.92 Å². The van der Waals surface area contributed by atoms with Gasteiger partial charge in [-0.2, -0.15) is 0 Å². The predicted molar refractivity (Wildman–Crippen MR) is 125 cm³/mol. The van der Waals surface area contributed by atoms with Crippen molar-refractivity contribution in [1.29, 1.82) is 0 Å². The highest BCUT2D eigenvalue weighted by Crippen LogP contribution is 2.54. The molecule has 190 valence electrons. The summed E-state index contributed by atoms with van der Waals surface area (Å²) in [7, 11) is 3.59. The maximum absolute atomic E-state index is 14.0. The second-order valence-electron chi connectivity index (χ2n) is 9.39. The van der Waals surface area contributed by atoms with Gasteiger partial charge in [-0.15, -0.1) is 0 Å². The van der Waals surface area contributed by atoms with Gasteiger partial charge in [0.15, 0.2) is 11.5 Å². The van der Waals surface area contributed by atoms with E-state index in [1.807, 2.05) is 0 Å². The Balaban J connectivity index is 2.02. The van der Waals surface area contributed by atoms with Crippen LogP contribution in [0.25, 0.3) is 5.76 Å². The zero-order chi connectivity index (χ0) is 26.7. The SMILES string of the molecule is CC(=O)Oc1ccc(N(C)C)c2c1C(O)=C1C(=O)C3(OC(C)=O)C(O)=C(C(N)=O)C(=O)CC3CC1C2. The van der Waals surface area contributed by atoms with Crippen molar-refractivity contribution in [2.75, 3.05) is 19.0 Å². The molecule has 3 aliphatic rings. The molecule has 3 unspecified atom stereocenters. The highest BCUT2D eigenvalue weighted by atomic mass is 16.6. The summed E-state index contributed by atoms with van der Waals surface area (Å²) in [6, 6.07) is 3.22. The third-order valence-corrected chi connectivity index (χ3v) is 6.91. The first-order chi connectivity index (χ1) is 16.8. The highest BCUT2D eigenvalue weighted by Gasteiger charge is 2.63. The van der Waals surface area contributed by atoms with Crippen LogP contribution < -0.4 is 15.4 Å². The quantitative estimate of drug-likeness (QED) is 0.312. The van der Waals surface area contributed by atoms with Gasteiger partial charge in [0, 0.05) is 51.5 Å². The van der Waals surface area contributed by atoms with Crippen LogP contribution in [0, 0.1) is 11.8 Å². The number of fused-ring (bicyclic) bond motifs is 3. The largest absolute Gasteiger partial charge is 0.507 e. The number of primary amides is 1. The Morgan fingerprint density at radius 1 is 1.08 bits per heavy atom. The third-order valence-electron chi connectivity index (χ3n) is 6.91. The number of nitrogens with zero attached hydrogens (tertiary/aromatic N) is 1. The molecular weight excluding hydrogens is 472 g/mol. The summed E-state index contributed by atoms with van der Waals surface area (Å²) in [5, 5.41) is 22.4. The first-order valence-electron chi connectivity index (χ1n) is 11.3. The molecule has 1 fully saturated rings. The molecule has 0 heterocycles. The highest BCUT2D eigenvalue weighted by molar-refractivity contribution is 6.23. The number of Topliss-reactive ketones (excluding diaryl/α,β-unsaturated/α-hetero) is 2. The Morgan fingerprint density at radius 3 is 2.31 bits per heavy atom. The molecule has 0 bridgehead atoms. The molecule has 3 aliphatic carbocycles. The fourth-order valence-electron chi connectivity index (χ4n) is 5.64. The molecule has 3 atom stereocenters. The lowest BCUT2D eigenvalue weighted by Gasteiger charge is -2.48. The van der Waals surface area contributed by atoms with Gasteiger partial charge < -0.3 is 30.3 Å². The number of benzene rings is 1. The number of rotatable bonds is 4. The molecule has 11 nitrogen and oxygen atoms in total. The summed E-state index contributed by atoms with van der Waals surface area (Å²) in [4.78, 5) is 64.3. The number of esters is 2. The Labute approximate surface area is 206 Å². The van der Waals surface area contributed by atoms with Gasteiger partial charge in [0.25, 0.3) is 5.91 Å². The number of aliphatic hydroxyl groups excluding tert-OH is 2. The summed E-state index contributed by atoms with van der Waals surface area (Å²) >= 11 is 0. The molecule has 1 amide bonds. The van der Waals surface area contributed by atoms with Crippen molar-refractivity contribution >= 4 is 40.9 Å². The Morgan fingerprint density at radius 2 is 1.75 bits per heavy atom. The van der Waals surface area contributed by atoms with Crippen molar-refractivity contribution in [1.82, 2.24) is 0 Å². The minimum Gasteiger partial charge on any atom is -0.507 e. The standard InChI is InChI=1S/C25H26N2O9/c1-10(28)35-17-6-5-15(27(3)4)14-8-12-7-13-9-16(30)20(24(26)34)23(33)25(13,36-11(2)29)22(32)18(12)21(31)19(14)17/h5-6,12-13,31,33H,7-9H2,1-4H3,(H2,26,34). The Kier molecular flexibility index (Phi) is 5.90. The fraction of sp³-hybridized carbons (Fsp3) is 0.400. The van der Waals surface area contributed by atoms with Crippen LogP contribution in [0.2, 0.25) is 0 Å². The predicted octanol–water partition coefficient (Wildman–Crippen LogP) is 1.28. The molecule has 1 saturated carbocycles. The van der Waals surface area contributed by atoms with Gasteiger partial charge in [-0.3, -0.25) is 24.0 Å². The van der Waals surface area contributed by atoms with Gasteiger partial charge >= 0.3 is 11.9 Å². The molecule has 0 aromatic heterocycles. The van der Waals surface area contributed by atoms with Crippen molar-refractivity contribution in [2.45, 2.75) is 38.7 Å². The molecule has 0 saturated heterocycles. The van der Waals surface area contributed by atoms with Crippen LogP contribution in [-0.4, -0.2) is 59.3 Å². The molecule has 4 rings (SSSR count). The van der Waals surface area contributed by atoms with Gasteiger partial charge in [-0.1, -0.05) is 0 Å². The average Bonchev–Trinajstić information content (AvgIpc) is 2.74. The second kappa shape index (κ2) is 8.51. The van der Waals surface area contributed by atoms with Crippen LogP contribution >= 0.6 is 0 Å². The van der Waals surface area contributed by atoms with E-state index in [0.29, 0.717) is 11.3 Å². The lowest BCUT2D eigenvalue weighted by molar-refractivity contribution is -0.175. The number of anilines is 1. The van der Waals surface area contributed by atoms with Gasteiger partial charge in [0.2, 0.25) is 11.4 Å². The third kappa shape index (κ3) is 3.53. The summed E-state index contributed by atoms with van der Waals surface area (Å²) in [6.45, 7) is 2.22. The van der Waals surface area contributed by atoms with Crippen molar-refractivity contribution < 1.29 is 43.7 Å². The van der Waals surface area contributed by atoms with E-state index < -0.39 is 63.9 Å². The number of hydrogen-bond donors (Lipinski definition) is 3. The average molecular weight is 498 g/mol. The monoisotopic (exact) mass is 498 g/mol. The van der Waals surface area contributed by atoms with E-state index in [2.05, 4.69) is 0 Å². The van der Waals surface area contributed by atoms with E-state index in [4.69, 9.17) is 15.2 Å². The summed E-state index contributed by atoms with van der Waals surface area (Å²) < 4.78 is 10.7. The van der Waals surface area contributed by atoms with Crippen molar-refractivity contribution in [3.63, 3.8) is 0 Å². The molecule has 0 radical (unpaired) electrons. The zero-order valence-corrected chi connectivity index (χ0v) is 20.2.